The number of esters is 1. The lowest BCUT2D eigenvalue weighted by Crippen LogP contribution is -2.59. The Balaban J connectivity index is 3.44. The van der Waals surface area contributed by atoms with Crippen LogP contribution in [0.4, 0.5) is 9.59 Å². The average molecular weight is 540 g/mol. The van der Waals surface area contributed by atoms with E-state index in [2.05, 4.69) is 5.32 Å². The predicted molar refractivity (Wildman–Crippen MR) is 138 cm³/mol. The molecule has 0 heterocycles. The summed E-state index contributed by atoms with van der Waals surface area (Å²) in [5.74, 6) is -2.40. The number of carboxylic acids is 1. The van der Waals surface area contributed by atoms with Gasteiger partial charge in [0.15, 0.2) is 11.5 Å². The first kappa shape index (κ1) is 32.7. The molecule has 11 heteroatoms. The van der Waals surface area contributed by atoms with Gasteiger partial charge in [-0.1, -0.05) is 33.8 Å². The first-order valence-corrected chi connectivity index (χ1v) is 13.0. The lowest BCUT2D eigenvalue weighted by atomic mass is 10.00. The maximum atomic E-state index is 12.4. The summed E-state index contributed by atoms with van der Waals surface area (Å²) in [6.45, 7) is 12.4. The van der Waals surface area contributed by atoms with E-state index in [0.29, 0.717) is 31.2 Å². The minimum Gasteiger partial charge on any atom is -0.477 e. The van der Waals surface area contributed by atoms with Crippen molar-refractivity contribution in [2.24, 2.45) is 0 Å². The molecule has 0 spiro atoms. The van der Waals surface area contributed by atoms with E-state index in [1.165, 1.54) is 18.2 Å². The molecule has 1 rings (SSSR count). The number of hydrogen-bond acceptors (Lipinski definition) is 10. The highest BCUT2D eigenvalue weighted by molar-refractivity contribution is 5.82. The van der Waals surface area contributed by atoms with Crippen molar-refractivity contribution in [3.05, 3.63) is 23.8 Å². The van der Waals surface area contributed by atoms with Gasteiger partial charge >= 0.3 is 24.2 Å². The van der Waals surface area contributed by atoms with E-state index < -0.39 is 42.2 Å². The molecule has 0 aliphatic rings. The van der Waals surface area contributed by atoms with Crippen LogP contribution >= 0.6 is 0 Å². The summed E-state index contributed by atoms with van der Waals surface area (Å²) in [6.07, 6.45) is -0.971. The molecular formula is C27H41NO10. The van der Waals surface area contributed by atoms with Gasteiger partial charge in [-0.25, -0.2) is 14.4 Å². The number of ether oxygens (including phenoxy) is 5. The van der Waals surface area contributed by atoms with Crippen LogP contribution in [-0.4, -0.2) is 53.3 Å². The normalized spacial score (nSPS) is 14.8. The molecule has 1 aromatic carbocycles. The van der Waals surface area contributed by atoms with E-state index in [9.17, 15) is 24.3 Å². The van der Waals surface area contributed by atoms with E-state index in [4.69, 9.17) is 23.7 Å². The molecule has 0 saturated carbocycles. The smallest absolute Gasteiger partial charge is 0.477 e. The van der Waals surface area contributed by atoms with Crippen molar-refractivity contribution in [3.63, 3.8) is 0 Å². The number of carbonyl (C=O) groups is 4. The second kappa shape index (κ2) is 15.8. The van der Waals surface area contributed by atoms with Gasteiger partial charge in [-0.15, -0.1) is 0 Å². The molecule has 4 atom stereocenters. The molecule has 2 N–H and O–H groups in total. The highest BCUT2D eigenvalue weighted by atomic mass is 16.7. The zero-order chi connectivity index (χ0) is 28.9. The number of nitrogens with one attached hydrogen (secondary N) is 1. The minimum absolute atomic E-state index is 0.0398. The van der Waals surface area contributed by atoms with Gasteiger partial charge in [0.1, 0.15) is 12.2 Å². The van der Waals surface area contributed by atoms with Gasteiger partial charge in [0, 0.05) is 18.9 Å². The maximum Gasteiger partial charge on any atom is 0.514 e. The minimum atomic E-state index is -2.09. The molecule has 0 aliphatic heterocycles. The number of aliphatic carboxylic acids is 1. The van der Waals surface area contributed by atoms with E-state index in [1.807, 2.05) is 20.8 Å². The van der Waals surface area contributed by atoms with Crippen molar-refractivity contribution in [3.8, 4) is 11.5 Å². The third kappa shape index (κ3) is 10.6. The van der Waals surface area contributed by atoms with Crippen LogP contribution in [-0.2, 0) is 30.2 Å². The van der Waals surface area contributed by atoms with E-state index >= 15 is 0 Å². The Morgan fingerprint density at radius 3 is 1.89 bits per heavy atom. The topological polar surface area (TPSA) is 147 Å². The lowest BCUT2D eigenvalue weighted by molar-refractivity contribution is -0.184. The van der Waals surface area contributed by atoms with E-state index in [0.717, 1.165) is 0 Å². The molecule has 0 aliphatic carbocycles. The van der Waals surface area contributed by atoms with Gasteiger partial charge < -0.3 is 28.8 Å². The molecule has 0 amide bonds. The zero-order valence-corrected chi connectivity index (χ0v) is 23.3. The molecule has 214 valence electrons. The standard InChI is InChI=1S/C27H41NO10/c1-8-12-23(29)38-27(24(30)31,28-17(5)9-2)16-20-13-14-21(36-25(32)34-18(6)10-3)22(15-20)37-26(33)35-19(7)11-4/h13-15,17-19,28H,8-12,16H2,1-7H3,(H,30,31)/t17?,18?,19?,27-/m0/s1. The Morgan fingerprint density at radius 1 is 0.868 bits per heavy atom. The molecule has 0 bridgehead atoms. The van der Waals surface area contributed by atoms with Gasteiger partial charge in [-0.2, -0.15) is 0 Å². The van der Waals surface area contributed by atoms with Crippen LogP contribution in [0.15, 0.2) is 18.2 Å². The molecule has 38 heavy (non-hydrogen) atoms. The summed E-state index contributed by atoms with van der Waals surface area (Å²) in [7, 11) is 0. The van der Waals surface area contributed by atoms with Crippen LogP contribution in [0.5, 0.6) is 11.5 Å². The monoisotopic (exact) mass is 539 g/mol. The first-order valence-electron chi connectivity index (χ1n) is 13.0. The predicted octanol–water partition coefficient (Wildman–Crippen LogP) is 5.37. The summed E-state index contributed by atoms with van der Waals surface area (Å²) in [6, 6.07) is 3.83. The Morgan fingerprint density at radius 2 is 1.42 bits per heavy atom. The Bertz CT molecular complexity index is 950. The molecule has 11 nitrogen and oxygen atoms in total. The molecular weight excluding hydrogens is 498 g/mol. The van der Waals surface area contributed by atoms with E-state index in [1.54, 1.807) is 27.7 Å². The zero-order valence-electron chi connectivity index (χ0n) is 23.3. The van der Waals surface area contributed by atoms with Crippen molar-refractivity contribution in [2.45, 2.75) is 111 Å². The fourth-order valence-electron chi connectivity index (χ4n) is 3.08. The molecule has 0 radical (unpaired) electrons. The molecule has 1 aromatic rings. The van der Waals surface area contributed by atoms with Crippen molar-refractivity contribution in [1.82, 2.24) is 5.32 Å². The van der Waals surface area contributed by atoms with E-state index in [-0.39, 0.29) is 30.4 Å². The van der Waals surface area contributed by atoms with Crippen LogP contribution in [0.1, 0.15) is 86.1 Å². The summed E-state index contributed by atoms with van der Waals surface area (Å²) < 4.78 is 26.3. The van der Waals surface area contributed by atoms with Crippen LogP contribution < -0.4 is 14.8 Å². The SMILES string of the molecule is CCCC(=O)O[C@](Cc1ccc(OC(=O)OC(C)CC)c(OC(=O)OC(C)CC)c1)(NC(C)CC)C(=O)O. The fourth-order valence-corrected chi connectivity index (χ4v) is 3.08. The summed E-state index contributed by atoms with van der Waals surface area (Å²) >= 11 is 0. The third-order valence-corrected chi connectivity index (χ3v) is 5.77. The average Bonchev–Trinajstić information content (AvgIpc) is 2.84. The Hall–Kier alpha value is -3.34. The number of rotatable bonds is 15. The van der Waals surface area contributed by atoms with Crippen molar-refractivity contribution in [1.29, 1.82) is 0 Å². The fraction of sp³-hybridized carbons (Fsp3) is 0.630. The maximum absolute atomic E-state index is 12.4. The second-order valence-electron chi connectivity index (χ2n) is 9.15. The van der Waals surface area contributed by atoms with Gasteiger partial charge in [-0.3, -0.25) is 10.1 Å². The van der Waals surface area contributed by atoms with Crippen LogP contribution in [0.2, 0.25) is 0 Å². The van der Waals surface area contributed by atoms with Crippen molar-refractivity contribution >= 4 is 24.2 Å². The summed E-state index contributed by atoms with van der Waals surface area (Å²) in [4.78, 5) is 49.4. The summed E-state index contributed by atoms with van der Waals surface area (Å²) in [5.41, 5.74) is -1.77. The third-order valence-electron chi connectivity index (χ3n) is 5.77. The number of benzene rings is 1. The molecule has 3 unspecified atom stereocenters. The van der Waals surface area contributed by atoms with Crippen molar-refractivity contribution < 1.29 is 48.0 Å². The number of carboxylic acid groups (broad SMARTS) is 1. The number of hydrogen-bond donors (Lipinski definition) is 2. The van der Waals surface area contributed by atoms with Gasteiger partial charge in [0.05, 0.1) is 0 Å². The molecule has 0 saturated heterocycles. The largest absolute Gasteiger partial charge is 0.514 e. The quantitative estimate of drug-likeness (QED) is 0.128. The van der Waals surface area contributed by atoms with Crippen LogP contribution in [0, 0.1) is 0 Å². The lowest BCUT2D eigenvalue weighted by Gasteiger charge is -2.33. The highest BCUT2D eigenvalue weighted by Gasteiger charge is 2.44. The Kier molecular flexibility index (Phi) is 13.6. The van der Waals surface area contributed by atoms with Crippen molar-refractivity contribution in [2.75, 3.05) is 0 Å². The first-order chi connectivity index (χ1) is 17.9. The highest BCUT2D eigenvalue weighted by Crippen LogP contribution is 2.32. The van der Waals surface area contributed by atoms with Gasteiger partial charge in [0.2, 0.25) is 0 Å². The molecule has 0 aromatic heterocycles. The van der Waals surface area contributed by atoms with Crippen LogP contribution in [0.3, 0.4) is 0 Å². The summed E-state index contributed by atoms with van der Waals surface area (Å²) in [5, 5.41) is 13.0. The van der Waals surface area contributed by atoms with Gasteiger partial charge in [0.25, 0.3) is 5.72 Å². The molecule has 0 fully saturated rings. The number of carbonyl (C=O) groups excluding carboxylic acids is 3. The second-order valence-corrected chi connectivity index (χ2v) is 9.15. The van der Waals surface area contributed by atoms with Crippen LogP contribution in [0.25, 0.3) is 0 Å². The Labute approximate surface area is 224 Å². The van der Waals surface area contributed by atoms with Gasteiger partial charge in [-0.05, 0) is 64.2 Å².